The summed E-state index contributed by atoms with van der Waals surface area (Å²) in [6, 6.07) is 17.9. The van der Waals surface area contributed by atoms with Gasteiger partial charge < -0.3 is 15.0 Å². The number of fused-ring (bicyclic) bond motifs is 2. The van der Waals surface area contributed by atoms with Crippen LogP contribution in [0.15, 0.2) is 77.6 Å². The molecule has 0 radical (unpaired) electrons. The van der Waals surface area contributed by atoms with Crippen LogP contribution in [-0.4, -0.2) is 35.8 Å². The lowest BCUT2D eigenvalue weighted by Gasteiger charge is -2.42. The second-order valence-corrected chi connectivity index (χ2v) is 11.1. The van der Waals surface area contributed by atoms with Crippen molar-refractivity contribution in [3.8, 4) is 0 Å². The Hall–Kier alpha value is -3.48. The Morgan fingerprint density at radius 3 is 2.55 bits per heavy atom. The van der Waals surface area contributed by atoms with E-state index in [1.807, 2.05) is 54.6 Å². The normalized spacial score (nSPS) is 23.7. The summed E-state index contributed by atoms with van der Waals surface area (Å²) in [5, 5.41) is 2.93. The number of carbonyl (C=O) groups is 2. The van der Waals surface area contributed by atoms with Gasteiger partial charge in [-0.2, -0.15) is 0 Å². The van der Waals surface area contributed by atoms with E-state index in [1.165, 1.54) is 5.56 Å². The van der Waals surface area contributed by atoms with E-state index >= 15 is 0 Å². The number of amides is 1. The Morgan fingerprint density at radius 2 is 1.76 bits per heavy atom. The number of allylic oxidation sites excluding steroid dienone is 2. The molecule has 2 heterocycles. The first-order valence-corrected chi connectivity index (χ1v) is 13.5. The largest absolute Gasteiger partial charge is 0.460 e. The van der Waals surface area contributed by atoms with Crippen LogP contribution < -0.4 is 5.32 Å². The molecule has 7 heteroatoms. The number of esters is 1. The third-order valence-corrected chi connectivity index (χ3v) is 8.78. The zero-order chi connectivity index (χ0) is 26.3. The van der Waals surface area contributed by atoms with Crippen LogP contribution in [0.4, 0.5) is 8.78 Å². The summed E-state index contributed by atoms with van der Waals surface area (Å²) in [4.78, 5) is 28.2. The number of carbonyl (C=O) groups excluding carboxylic acids is 2. The minimum Gasteiger partial charge on any atom is -0.460 e. The smallest absolute Gasteiger partial charge is 0.313 e. The molecular weight excluding hydrogens is 486 g/mol. The number of hydrogen-bond donors (Lipinski definition) is 1. The SMILES string of the molecule is O=C1NC(N2CCC3(CC2)CC(C(=O)OCc2ccccc2)c2ccccc23)=CCC2=C1CC(F)(F)CC2. The highest BCUT2D eigenvalue weighted by Crippen LogP contribution is 2.52. The first kappa shape index (κ1) is 24.8. The molecule has 1 atom stereocenters. The molecule has 38 heavy (non-hydrogen) atoms. The molecule has 198 valence electrons. The fourth-order valence-corrected chi connectivity index (χ4v) is 6.68. The number of alkyl halides is 2. The molecule has 6 rings (SSSR count). The highest BCUT2D eigenvalue weighted by atomic mass is 19.3. The molecule has 1 saturated heterocycles. The maximum Gasteiger partial charge on any atom is 0.313 e. The Kier molecular flexibility index (Phi) is 6.33. The number of likely N-dealkylation sites (tertiary alicyclic amines) is 1. The summed E-state index contributed by atoms with van der Waals surface area (Å²) >= 11 is 0. The Morgan fingerprint density at radius 1 is 1.03 bits per heavy atom. The summed E-state index contributed by atoms with van der Waals surface area (Å²) in [6.45, 7) is 1.69. The van der Waals surface area contributed by atoms with Crippen molar-refractivity contribution in [3.63, 3.8) is 0 Å². The molecule has 2 aromatic rings. The number of rotatable bonds is 4. The van der Waals surface area contributed by atoms with Gasteiger partial charge in [0.15, 0.2) is 0 Å². The summed E-state index contributed by atoms with van der Waals surface area (Å²) in [6.07, 6.45) is 4.49. The Balaban J connectivity index is 1.14. The van der Waals surface area contributed by atoms with Gasteiger partial charge in [0.2, 0.25) is 0 Å². The van der Waals surface area contributed by atoms with Crippen LogP contribution in [0.1, 0.15) is 67.6 Å². The van der Waals surface area contributed by atoms with Gasteiger partial charge in [-0.05, 0) is 54.9 Å². The molecule has 5 nitrogen and oxygen atoms in total. The van der Waals surface area contributed by atoms with Gasteiger partial charge >= 0.3 is 5.97 Å². The van der Waals surface area contributed by atoms with Gasteiger partial charge in [0.25, 0.3) is 11.8 Å². The Bertz CT molecular complexity index is 1310. The summed E-state index contributed by atoms with van der Waals surface area (Å²) in [7, 11) is 0. The van der Waals surface area contributed by atoms with Gasteiger partial charge in [-0.25, -0.2) is 8.78 Å². The van der Waals surface area contributed by atoms with Crippen LogP contribution in [-0.2, 0) is 26.3 Å². The van der Waals surface area contributed by atoms with Crippen molar-refractivity contribution in [2.45, 2.75) is 68.8 Å². The average molecular weight is 519 g/mol. The summed E-state index contributed by atoms with van der Waals surface area (Å²) < 4.78 is 33.7. The zero-order valence-corrected chi connectivity index (χ0v) is 21.3. The number of nitrogens with one attached hydrogen (secondary N) is 1. The van der Waals surface area contributed by atoms with Crippen LogP contribution in [0.2, 0.25) is 0 Å². The number of ether oxygens (including phenoxy) is 1. The van der Waals surface area contributed by atoms with Crippen molar-refractivity contribution < 1.29 is 23.1 Å². The molecule has 1 unspecified atom stereocenters. The van der Waals surface area contributed by atoms with Crippen molar-refractivity contribution in [3.05, 3.63) is 94.3 Å². The van der Waals surface area contributed by atoms with Gasteiger partial charge in [-0.15, -0.1) is 0 Å². The molecule has 1 spiro atoms. The molecule has 2 aliphatic heterocycles. The first-order valence-electron chi connectivity index (χ1n) is 13.5. The molecule has 1 fully saturated rings. The van der Waals surface area contributed by atoms with E-state index in [-0.39, 0.29) is 42.3 Å². The van der Waals surface area contributed by atoms with E-state index in [4.69, 9.17) is 4.74 Å². The first-order chi connectivity index (χ1) is 18.3. The monoisotopic (exact) mass is 518 g/mol. The maximum atomic E-state index is 14.0. The highest BCUT2D eigenvalue weighted by molar-refractivity contribution is 5.96. The fraction of sp³-hybridized carbons (Fsp3) is 0.419. The maximum absolute atomic E-state index is 14.0. The van der Waals surface area contributed by atoms with Crippen molar-refractivity contribution in [1.29, 1.82) is 0 Å². The molecular formula is C31H32F2N2O3. The zero-order valence-electron chi connectivity index (χ0n) is 21.3. The van der Waals surface area contributed by atoms with Gasteiger partial charge in [0.1, 0.15) is 12.4 Å². The van der Waals surface area contributed by atoms with Gasteiger partial charge in [-0.3, -0.25) is 9.59 Å². The number of hydrogen-bond acceptors (Lipinski definition) is 4. The topological polar surface area (TPSA) is 58.6 Å². The molecule has 2 aliphatic carbocycles. The van der Waals surface area contributed by atoms with Gasteiger partial charge in [-0.1, -0.05) is 60.2 Å². The van der Waals surface area contributed by atoms with Crippen molar-refractivity contribution >= 4 is 11.9 Å². The molecule has 1 amide bonds. The quantitative estimate of drug-likeness (QED) is 0.526. The van der Waals surface area contributed by atoms with Gasteiger partial charge in [0.05, 0.1) is 5.92 Å². The Labute approximate surface area is 221 Å². The van der Waals surface area contributed by atoms with Crippen molar-refractivity contribution in [2.24, 2.45) is 0 Å². The molecule has 0 saturated carbocycles. The van der Waals surface area contributed by atoms with Gasteiger partial charge in [0, 0.05) is 36.9 Å². The lowest BCUT2D eigenvalue weighted by atomic mass is 9.73. The van der Waals surface area contributed by atoms with E-state index < -0.39 is 18.3 Å². The van der Waals surface area contributed by atoms with Crippen LogP contribution in [0.5, 0.6) is 0 Å². The van der Waals surface area contributed by atoms with Crippen molar-refractivity contribution in [2.75, 3.05) is 13.1 Å². The van der Waals surface area contributed by atoms with Crippen LogP contribution in [0.25, 0.3) is 0 Å². The van der Waals surface area contributed by atoms with E-state index in [0.717, 1.165) is 29.5 Å². The fourth-order valence-electron chi connectivity index (χ4n) is 6.68. The van der Waals surface area contributed by atoms with Crippen LogP contribution >= 0.6 is 0 Å². The molecule has 1 N–H and O–H groups in total. The minimum atomic E-state index is -2.81. The summed E-state index contributed by atoms with van der Waals surface area (Å²) in [5.41, 5.74) is 4.20. The van der Waals surface area contributed by atoms with E-state index in [1.54, 1.807) is 0 Å². The predicted octanol–water partition coefficient (Wildman–Crippen LogP) is 5.73. The third kappa shape index (κ3) is 4.63. The lowest BCUT2D eigenvalue weighted by molar-refractivity contribution is -0.147. The molecule has 0 bridgehead atoms. The average Bonchev–Trinajstić information content (AvgIpc) is 3.15. The number of benzene rings is 2. The highest BCUT2D eigenvalue weighted by Gasteiger charge is 2.48. The molecule has 0 aromatic heterocycles. The van der Waals surface area contributed by atoms with E-state index in [2.05, 4.69) is 16.3 Å². The number of piperidine rings is 1. The standard InChI is InChI=1S/C31H32F2N2O3/c32-31(33)13-12-22-10-11-27(34-28(36)24(22)19-31)35-16-14-30(15-17-35)18-25(23-8-4-5-9-26(23)30)29(37)38-20-21-6-2-1-3-7-21/h1-9,11,25H,10,12-20H2,(H,34,36). The van der Waals surface area contributed by atoms with E-state index in [9.17, 15) is 18.4 Å². The van der Waals surface area contributed by atoms with Crippen molar-refractivity contribution in [1.82, 2.24) is 10.2 Å². The second kappa shape index (κ2) is 9.68. The second-order valence-electron chi connectivity index (χ2n) is 11.1. The predicted molar refractivity (Wildman–Crippen MR) is 139 cm³/mol. The number of nitrogens with zero attached hydrogens (tertiary/aromatic N) is 1. The summed E-state index contributed by atoms with van der Waals surface area (Å²) in [5.74, 6) is -2.97. The lowest BCUT2D eigenvalue weighted by Crippen LogP contribution is -2.45. The molecule has 4 aliphatic rings. The third-order valence-electron chi connectivity index (χ3n) is 8.78. The molecule has 2 aromatic carbocycles. The van der Waals surface area contributed by atoms with Crippen LogP contribution in [0, 0.1) is 0 Å². The minimum absolute atomic E-state index is 0.127. The van der Waals surface area contributed by atoms with Crippen LogP contribution in [0.3, 0.4) is 0 Å². The van der Waals surface area contributed by atoms with E-state index in [0.29, 0.717) is 31.8 Å². The number of halogens is 2.